The van der Waals surface area contributed by atoms with Gasteiger partial charge >= 0.3 is 5.97 Å². The SMILES string of the molecule is COc1cccc(COC(C(=O)O)c2ccccc2)c1. The van der Waals surface area contributed by atoms with Crippen LogP contribution in [0.25, 0.3) is 0 Å². The van der Waals surface area contributed by atoms with Crippen LogP contribution in [0.15, 0.2) is 54.6 Å². The Bertz CT molecular complexity index is 566. The Labute approximate surface area is 117 Å². The van der Waals surface area contributed by atoms with Gasteiger partial charge in [-0.1, -0.05) is 42.5 Å². The number of methoxy groups -OCH3 is 1. The molecule has 0 aliphatic rings. The number of ether oxygens (including phenoxy) is 2. The fraction of sp³-hybridized carbons (Fsp3) is 0.188. The van der Waals surface area contributed by atoms with Crippen LogP contribution in [0.5, 0.6) is 5.75 Å². The Morgan fingerprint density at radius 2 is 1.90 bits per heavy atom. The standard InChI is InChI=1S/C16H16O4/c1-19-14-9-5-6-12(10-14)11-20-15(16(17)18)13-7-3-2-4-8-13/h2-10,15H,11H2,1H3,(H,17,18). The van der Waals surface area contributed by atoms with E-state index in [9.17, 15) is 9.90 Å². The van der Waals surface area contributed by atoms with E-state index in [1.165, 1.54) is 0 Å². The molecule has 0 saturated heterocycles. The second kappa shape index (κ2) is 6.73. The van der Waals surface area contributed by atoms with Gasteiger partial charge in [0.1, 0.15) is 5.75 Å². The summed E-state index contributed by atoms with van der Waals surface area (Å²) in [4.78, 5) is 11.3. The van der Waals surface area contributed by atoms with E-state index >= 15 is 0 Å². The summed E-state index contributed by atoms with van der Waals surface area (Å²) in [5, 5.41) is 9.26. The van der Waals surface area contributed by atoms with Crippen molar-refractivity contribution >= 4 is 5.97 Å². The van der Waals surface area contributed by atoms with E-state index in [1.54, 1.807) is 31.4 Å². The van der Waals surface area contributed by atoms with Gasteiger partial charge in [0.2, 0.25) is 0 Å². The molecule has 1 unspecified atom stereocenters. The molecule has 0 amide bonds. The third-order valence-electron chi connectivity index (χ3n) is 2.88. The molecule has 0 aliphatic carbocycles. The smallest absolute Gasteiger partial charge is 0.337 e. The number of hydrogen-bond acceptors (Lipinski definition) is 3. The van der Waals surface area contributed by atoms with Crippen LogP contribution in [0, 0.1) is 0 Å². The highest BCUT2D eigenvalue weighted by Crippen LogP contribution is 2.20. The van der Waals surface area contributed by atoms with Gasteiger partial charge in [0.05, 0.1) is 13.7 Å². The van der Waals surface area contributed by atoms with Crippen molar-refractivity contribution < 1.29 is 19.4 Å². The molecule has 2 aromatic rings. The highest BCUT2D eigenvalue weighted by atomic mass is 16.5. The third kappa shape index (κ3) is 3.59. The van der Waals surface area contributed by atoms with Gasteiger partial charge in [-0.25, -0.2) is 4.79 Å². The van der Waals surface area contributed by atoms with E-state index in [0.29, 0.717) is 5.56 Å². The summed E-state index contributed by atoms with van der Waals surface area (Å²) < 4.78 is 10.6. The van der Waals surface area contributed by atoms with Crippen LogP contribution in [-0.2, 0) is 16.1 Å². The first-order valence-corrected chi connectivity index (χ1v) is 6.23. The van der Waals surface area contributed by atoms with Crippen LogP contribution in [0.4, 0.5) is 0 Å². The lowest BCUT2D eigenvalue weighted by molar-refractivity contribution is -0.151. The van der Waals surface area contributed by atoms with Crippen LogP contribution in [0.3, 0.4) is 0 Å². The molecule has 0 fully saturated rings. The van der Waals surface area contributed by atoms with Crippen LogP contribution >= 0.6 is 0 Å². The number of carbonyl (C=O) groups is 1. The third-order valence-corrected chi connectivity index (χ3v) is 2.88. The van der Waals surface area contributed by atoms with Gasteiger partial charge in [-0.15, -0.1) is 0 Å². The van der Waals surface area contributed by atoms with Crippen molar-refractivity contribution in [3.63, 3.8) is 0 Å². The van der Waals surface area contributed by atoms with Crippen LogP contribution in [-0.4, -0.2) is 18.2 Å². The maximum absolute atomic E-state index is 11.3. The van der Waals surface area contributed by atoms with Crippen molar-refractivity contribution in [2.75, 3.05) is 7.11 Å². The molecule has 4 heteroatoms. The van der Waals surface area contributed by atoms with E-state index in [2.05, 4.69) is 0 Å². The number of aliphatic carboxylic acids is 1. The molecule has 0 bridgehead atoms. The lowest BCUT2D eigenvalue weighted by Crippen LogP contribution is -2.15. The molecule has 1 atom stereocenters. The van der Waals surface area contributed by atoms with E-state index < -0.39 is 12.1 Å². The highest BCUT2D eigenvalue weighted by Gasteiger charge is 2.20. The molecule has 20 heavy (non-hydrogen) atoms. The highest BCUT2D eigenvalue weighted by molar-refractivity contribution is 5.74. The predicted octanol–water partition coefficient (Wildman–Crippen LogP) is 3.04. The number of hydrogen-bond donors (Lipinski definition) is 1. The zero-order valence-corrected chi connectivity index (χ0v) is 11.2. The quantitative estimate of drug-likeness (QED) is 0.878. The average Bonchev–Trinajstić information content (AvgIpc) is 2.48. The second-order valence-corrected chi connectivity index (χ2v) is 4.29. The normalized spacial score (nSPS) is 11.8. The molecule has 1 N–H and O–H groups in total. The minimum absolute atomic E-state index is 0.211. The van der Waals surface area contributed by atoms with E-state index in [-0.39, 0.29) is 6.61 Å². The summed E-state index contributed by atoms with van der Waals surface area (Å²) >= 11 is 0. The first-order valence-electron chi connectivity index (χ1n) is 6.23. The van der Waals surface area contributed by atoms with Gasteiger partial charge in [-0.05, 0) is 23.3 Å². The minimum Gasteiger partial charge on any atom is -0.497 e. The first-order chi connectivity index (χ1) is 9.70. The Morgan fingerprint density at radius 1 is 1.15 bits per heavy atom. The fourth-order valence-corrected chi connectivity index (χ4v) is 1.88. The van der Waals surface area contributed by atoms with Gasteiger partial charge in [-0.3, -0.25) is 0 Å². The molecule has 0 spiro atoms. The Kier molecular flexibility index (Phi) is 4.74. The van der Waals surface area contributed by atoms with E-state index in [1.807, 2.05) is 30.3 Å². The van der Waals surface area contributed by atoms with Crippen molar-refractivity contribution in [2.24, 2.45) is 0 Å². The van der Waals surface area contributed by atoms with Crippen molar-refractivity contribution in [3.05, 3.63) is 65.7 Å². The maximum Gasteiger partial charge on any atom is 0.337 e. The van der Waals surface area contributed by atoms with Crippen molar-refractivity contribution in [1.82, 2.24) is 0 Å². The van der Waals surface area contributed by atoms with E-state index in [4.69, 9.17) is 9.47 Å². The first kappa shape index (κ1) is 14.1. The van der Waals surface area contributed by atoms with Crippen molar-refractivity contribution in [3.8, 4) is 5.75 Å². The number of benzene rings is 2. The Balaban J connectivity index is 2.08. The Morgan fingerprint density at radius 3 is 2.55 bits per heavy atom. The summed E-state index contributed by atoms with van der Waals surface area (Å²) in [6.45, 7) is 0.211. The molecule has 104 valence electrons. The van der Waals surface area contributed by atoms with Gasteiger partial charge < -0.3 is 14.6 Å². The molecule has 2 aromatic carbocycles. The van der Waals surface area contributed by atoms with E-state index in [0.717, 1.165) is 11.3 Å². The van der Waals surface area contributed by atoms with Crippen molar-refractivity contribution in [2.45, 2.75) is 12.7 Å². The van der Waals surface area contributed by atoms with Gasteiger partial charge in [-0.2, -0.15) is 0 Å². The molecule has 0 aromatic heterocycles. The van der Waals surface area contributed by atoms with Gasteiger partial charge in [0.15, 0.2) is 6.10 Å². The van der Waals surface area contributed by atoms with Crippen LogP contribution < -0.4 is 4.74 Å². The Hall–Kier alpha value is -2.33. The lowest BCUT2D eigenvalue weighted by atomic mass is 10.1. The molecular formula is C16H16O4. The molecule has 0 aliphatic heterocycles. The summed E-state index contributed by atoms with van der Waals surface area (Å²) in [5.41, 5.74) is 1.49. The minimum atomic E-state index is -1.00. The molecule has 0 heterocycles. The molecule has 0 radical (unpaired) electrons. The average molecular weight is 272 g/mol. The summed E-state index contributed by atoms with van der Waals surface area (Å²) in [7, 11) is 1.59. The summed E-state index contributed by atoms with van der Waals surface area (Å²) in [6.07, 6.45) is -0.970. The topological polar surface area (TPSA) is 55.8 Å². The van der Waals surface area contributed by atoms with Crippen LogP contribution in [0.2, 0.25) is 0 Å². The maximum atomic E-state index is 11.3. The molecular weight excluding hydrogens is 256 g/mol. The monoisotopic (exact) mass is 272 g/mol. The van der Waals surface area contributed by atoms with Crippen LogP contribution in [0.1, 0.15) is 17.2 Å². The zero-order chi connectivity index (χ0) is 14.4. The second-order valence-electron chi connectivity index (χ2n) is 4.29. The number of rotatable bonds is 6. The number of carboxylic acids is 1. The fourth-order valence-electron chi connectivity index (χ4n) is 1.88. The number of carboxylic acid groups (broad SMARTS) is 1. The molecule has 4 nitrogen and oxygen atoms in total. The van der Waals surface area contributed by atoms with Crippen molar-refractivity contribution in [1.29, 1.82) is 0 Å². The zero-order valence-electron chi connectivity index (χ0n) is 11.2. The largest absolute Gasteiger partial charge is 0.497 e. The predicted molar refractivity (Wildman–Crippen MR) is 74.6 cm³/mol. The molecule has 2 rings (SSSR count). The molecule has 0 saturated carbocycles. The van der Waals surface area contributed by atoms with Gasteiger partial charge in [0, 0.05) is 0 Å². The summed E-state index contributed by atoms with van der Waals surface area (Å²) in [5.74, 6) is -0.281. The lowest BCUT2D eigenvalue weighted by Gasteiger charge is -2.14. The van der Waals surface area contributed by atoms with Gasteiger partial charge in [0.25, 0.3) is 0 Å². The summed E-state index contributed by atoms with van der Waals surface area (Å²) in [6, 6.07) is 16.3.